The Balaban J connectivity index is 2.36. The highest BCUT2D eigenvalue weighted by Gasteiger charge is 2.05. The molecule has 2 heteroatoms. The fraction of sp³-hybridized carbons (Fsp3) is 0.462. The minimum absolute atomic E-state index is 0.675. The van der Waals surface area contributed by atoms with E-state index in [1.54, 1.807) is 0 Å². The SMILES string of the molecule is C=CCC(C)CN(C)Cc1ccncc1. The molecule has 15 heavy (non-hydrogen) atoms. The lowest BCUT2D eigenvalue weighted by Crippen LogP contribution is -2.23. The van der Waals surface area contributed by atoms with Gasteiger partial charge in [-0.25, -0.2) is 0 Å². The zero-order valence-corrected chi connectivity index (χ0v) is 9.69. The zero-order valence-electron chi connectivity index (χ0n) is 9.69. The van der Waals surface area contributed by atoms with Crippen molar-refractivity contribution in [3.05, 3.63) is 42.7 Å². The normalized spacial score (nSPS) is 12.7. The Morgan fingerprint density at radius 2 is 2.13 bits per heavy atom. The standard InChI is InChI=1S/C13H20N2/c1-4-5-12(2)10-15(3)11-13-6-8-14-9-7-13/h4,6-9,12H,1,5,10-11H2,2-3H3. The topological polar surface area (TPSA) is 16.1 Å². The minimum atomic E-state index is 0.675. The maximum atomic E-state index is 4.01. The van der Waals surface area contributed by atoms with E-state index >= 15 is 0 Å². The van der Waals surface area contributed by atoms with Crippen LogP contribution in [0.4, 0.5) is 0 Å². The van der Waals surface area contributed by atoms with Gasteiger partial charge in [0.1, 0.15) is 0 Å². The first-order valence-electron chi connectivity index (χ1n) is 5.40. The van der Waals surface area contributed by atoms with E-state index in [9.17, 15) is 0 Å². The van der Waals surface area contributed by atoms with Crippen LogP contribution in [0.5, 0.6) is 0 Å². The molecule has 0 aliphatic carbocycles. The van der Waals surface area contributed by atoms with Crippen LogP contribution in [-0.2, 0) is 6.54 Å². The van der Waals surface area contributed by atoms with E-state index in [4.69, 9.17) is 0 Å². The van der Waals surface area contributed by atoms with E-state index in [-0.39, 0.29) is 0 Å². The summed E-state index contributed by atoms with van der Waals surface area (Å²) in [5.74, 6) is 0.675. The molecular formula is C13H20N2. The van der Waals surface area contributed by atoms with Crippen molar-refractivity contribution in [2.75, 3.05) is 13.6 Å². The van der Waals surface area contributed by atoms with Crippen molar-refractivity contribution in [2.45, 2.75) is 19.9 Å². The van der Waals surface area contributed by atoms with Gasteiger partial charge in [-0.05, 0) is 37.1 Å². The quantitative estimate of drug-likeness (QED) is 0.662. The molecule has 0 aliphatic heterocycles. The molecule has 0 aliphatic rings. The lowest BCUT2D eigenvalue weighted by molar-refractivity contribution is 0.279. The van der Waals surface area contributed by atoms with Crippen molar-refractivity contribution in [3.8, 4) is 0 Å². The highest BCUT2D eigenvalue weighted by atomic mass is 15.1. The molecule has 0 saturated heterocycles. The summed E-state index contributed by atoms with van der Waals surface area (Å²) in [4.78, 5) is 6.35. The summed E-state index contributed by atoms with van der Waals surface area (Å²) >= 11 is 0. The van der Waals surface area contributed by atoms with Gasteiger partial charge in [-0.1, -0.05) is 13.0 Å². The van der Waals surface area contributed by atoms with Crippen LogP contribution in [0.15, 0.2) is 37.2 Å². The highest BCUT2D eigenvalue weighted by molar-refractivity contribution is 5.09. The average Bonchev–Trinajstić information content (AvgIpc) is 2.19. The van der Waals surface area contributed by atoms with Crippen LogP contribution < -0.4 is 0 Å². The van der Waals surface area contributed by atoms with E-state index < -0.39 is 0 Å². The summed E-state index contributed by atoms with van der Waals surface area (Å²) in [7, 11) is 2.15. The second kappa shape index (κ2) is 6.36. The molecule has 0 aromatic carbocycles. The third-order valence-corrected chi connectivity index (χ3v) is 2.39. The number of allylic oxidation sites excluding steroid dienone is 1. The third kappa shape index (κ3) is 4.75. The summed E-state index contributed by atoms with van der Waals surface area (Å²) in [5.41, 5.74) is 1.32. The molecule has 1 aromatic rings. The predicted octanol–water partition coefficient (Wildman–Crippen LogP) is 2.73. The average molecular weight is 204 g/mol. The van der Waals surface area contributed by atoms with E-state index in [0.717, 1.165) is 19.5 Å². The Kier molecular flexibility index (Phi) is 5.05. The summed E-state index contributed by atoms with van der Waals surface area (Å²) in [6.07, 6.45) is 6.76. The summed E-state index contributed by atoms with van der Waals surface area (Å²) in [6, 6.07) is 4.13. The van der Waals surface area contributed by atoms with Crippen molar-refractivity contribution in [1.29, 1.82) is 0 Å². The Morgan fingerprint density at radius 3 is 2.73 bits per heavy atom. The number of hydrogen-bond donors (Lipinski definition) is 0. The fourth-order valence-corrected chi connectivity index (χ4v) is 1.76. The Labute approximate surface area is 92.6 Å². The molecule has 0 fully saturated rings. The highest BCUT2D eigenvalue weighted by Crippen LogP contribution is 2.07. The first-order valence-corrected chi connectivity index (χ1v) is 5.40. The molecule has 2 nitrogen and oxygen atoms in total. The van der Waals surface area contributed by atoms with Crippen molar-refractivity contribution in [1.82, 2.24) is 9.88 Å². The van der Waals surface area contributed by atoms with Gasteiger partial charge in [0.05, 0.1) is 0 Å². The molecular weight excluding hydrogens is 184 g/mol. The van der Waals surface area contributed by atoms with E-state index in [0.29, 0.717) is 5.92 Å². The molecule has 0 radical (unpaired) electrons. The lowest BCUT2D eigenvalue weighted by Gasteiger charge is -2.20. The van der Waals surface area contributed by atoms with Crippen molar-refractivity contribution in [3.63, 3.8) is 0 Å². The third-order valence-electron chi connectivity index (χ3n) is 2.39. The maximum absolute atomic E-state index is 4.01. The van der Waals surface area contributed by atoms with E-state index in [1.807, 2.05) is 18.5 Å². The van der Waals surface area contributed by atoms with Gasteiger partial charge >= 0.3 is 0 Å². The molecule has 0 spiro atoms. The minimum Gasteiger partial charge on any atom is -0.302 e. The molecule has 1 heterocycles. The summed E-state index contributed by atoms with van der Waals surface area (Å²) in [6.45, 7) is 8.12. The molecule has 0 bridgehead atoms. The smallest absolute Gasteiger partial charge is 0.0271 e. The van der Waals surface area contributed by atoms with Gasteiger partial charge < -0.3 is 4.90 Å². The summed E-state index contributed by atoms with van der Waals surface area (Å²) in [5, 5.41) is 0. The van der Waals surface area contributed by atoms with E-state index in [1.165, 1.54) is 5.56 Å². The van der Waals surface area contributed by atoms with E-state index in [2.05, 4.69) is 42.6 Å². The Bertz CT molecular complexity index is 282. The van der Waals surface area contributed by atoms with Gasteiger partial charge in [0.25, 0.3) is 0 Å². The van der Waals surface area contributed by atoms with Crippen LogP contribution in [0.2, 0.25) is 0 Å². The molecule has 1 aromatic heterocycles. The second-order valence-electron chi connectivity index (χ2n) is 4.18. The Morgan fingerprint density at radius 1 is 1.47 bits per heavy atom. The van der Waals surface area contributed by atoms with Crippen LogP contribution in [0.1, 0.15) is 18.9 Å². The molecule has 1 atom stereocenters. The van der Waals surface area contributed by atoms with Gasteiger partial charge in [-0.15, -0.1) is 6.58 Å². The van der Waals surface area contributed by atoms with Crippen LogP contribution in [0.25, 0.3) is 0 Å². The maximum Gasteiger partial charge on any atom is 0.0271 e. The number of aromatic nitrogens is 1. The first-order chi connectivity index (χ1) is 7.22. The molecule has 0 N–H and O–H groups in total. The van der Waals surface area contributed by atoms with Crippen molar-refractivity contribution >= 4 is 0 Å². The zero-order chi connectivity index (χ0) is 11.1. The van der Waals surface area contributed by atoms with Crippen molar-refractivity contribution in [2.24, 2.45) is 5.92 Å². The monoisotopic (exact) mass is 204 g/mol. The van der Waals surface area contributed by atoms with Gasteiger partial charge in [-0.2, -0.15) is 0 Å². The second-order valence-corrected chi connectivity index (χ2v) is 4.18. The van der Waals surface area contributed by atoms with Gasteiger partial charge in [0.15, 0.2) is 0 Å². The predicted molar refractivity (Wildman–Crippen MR) is 64.5 cm³/mol. The number of pyridine rings is 1. The Hall–Kier alpha value is -1.15. The number of rotatable bonds is 6. The summed E-state index contributed by atoms with van der Waals surface area (Å²) < 4.78 is 0. The van der Waals surface area contributed by atoms with Crippen LogP contribution in [-0.4, -0.2) is 23.5 Å². The van der Waals surface area contributed by atoms with Gasteiger partial charge in [0, 0.05) is 25.5 Å². The van der Waals surface area contributed by atoms with Gasteiger partial charge in [0.2, 0.25) is 0 Å². The van der Waals surface area contributed by atoms with Crippen LogP contribution in [0.3, 0.4) is 0 Å². The number of hydrogen-bond acceptors (Lipinski definition) is 2. The fourth-order valence-electron chi connectivity index (χ4n) is 1.76. The molecule has 1 rings (SSSR count). The van der Waals surface area contributed by atoms with Crippen molar-refractivity contribution < 1.29 is 0 Å². The van der Waals surface area contributed by atoms with Gasteiger partial charge in [-0.3, -0.25) is 4.98 Å². The molecule has 1 unspecified atom stereocenters. The molecule has 82 valence electrons. The van der Waals surface area contributed by atoms with Crippen LogP contribution in [0, 0.1) is 5.92 Å². The molecule has 0 amide bonds. The first kappa shape index (κ1) is 11.9. The lowest BCUT2D eigenvalue weighted by atomic mass is 10.1. The largest absolute Gasteiger partial charge is 0.302 e. The van der Waals surface area contributed by atoms with Crippen LogP contribution >= 0.6 is 0 Å². The number of nitrogens with zero attached hydrogens (tertiary/aromatic N) is 2. The molecule has 0 saturated carbocycles.